The molecule has 35 heavy (non-hydrogen) atoms. The van der Waals surface area contributed by atoms with Crippen LogP contribution < -0.4 is 4.74 Å². The lowest BCUT2D eigenvalue weighted by molar-refractivity contribution is 0.0212. The molecule has 174 valence electrons. The fourth-order valence-electron chi connectivity index (χ4n) is 5.97. The fourth-order valence-corrected chi connectivity index (χ4v) is 7.60. The Kier molecular flexibility index (Phi) is 4.49. The molecule has 0 saturated heterocycles. The number of nitrogens with zero attached hydrogens (tertiary/aromatic N) is 3. The largest absolute Gasteiger partial charge is 0.472 e. The van der Waals surface area contributed by atoms with E-state index >= 15 is 0 Å². The van der Waals surface area contributed by atoms with Crippen LogP contribution in [0, 0.1) is 12.8 Å². The van der Waals surface area contributed by atoms with Gasteiger partial charge in [-0.3, -0.25) is 4.57 Å². The Morgan fingerprint density at radius 3 is 2.26 bits per heavy atom. The number of aryl methyl sites for hydroxylation is 1. The molecule has 2 atom stereocenters. The predicted octanol–water partition coefficient (Wildman–Crippen LogP) is 7.15. The predicted molar refractivity (Wildman–Crippen MR) is 142 cm³/mol. The van der Waals surface area contributed by atoms with Gasteiger partial charge in [-0.15, -0.1) is 11.8 Å². The summed E-state index contributed by atoms with van der Waals surface area (Å²) in [6.07, 6.45) is 0. The molecule has 0 fully saturated rings. The maximum atomic E-state index is 6.93. The van der Waals surface area contributed by atoms with Crippen molar-refractivity contribution < 1.29 is 4.74 Å². The monoisotopic (exact) mass is 477 g/mol. The second-order valence-electron chi connectivity index (χ2n) is 10.1. The van der Waals surface area contributed by atoms with Crippen LogP contribution in [0.15, 0.2) is 90.0 Å². The molecule has 7 rings (SSSR count). The van der Waals surface area contributed by atoms with Crippen LogP contribution in [-0.2, 0) is 0 Å². The van der Waals surface area contributed by atoms with Gasteiger partial charge in [0.2, 0.25) is 5.88 Å². The van der Waals surface area contributed by atoms with E-state index in [9.17, 15) is 0 Å². The smallest absolute Gasteiger partial charge is 0.203 e. The third-order valence-electron chi connectivity index (χ3n) is 7.62. The van der Waals surface area contributed by atoms with Gasteiger partial charge in [-0.1, -0.05) is 54.6 Å². The number of ether oxygens (including phenoxy) is 1. The Bertz CT molecular complexity index is 1570. The lowest BCUT2D eigenvalue weighted by Crippen LogP contribution is -2.47. The average molecular weight is 478 g/mol. The van der Waals surface area contributed by atoms with Gasteiger partial charge in [0.15, 0.2) is 0 Å². The zero-order chi connectivity index (χ0) is 23.7. The highest BCUT2D eigenvalue weighted by molar-refractivity contribution is 7.99. The molecule has 2 aliphatic heterocycles. The number of hydrogen-bond donors (Lipinski definition) is 0. The minimum atomic E-state index is -0.315. The van der Waals surface area contributed by atoms with E-state index in [-0.39, 0.29) is 11.5 Å². The zero-order valence-electron chi connectivity index (χ0n) is 20.1. The molecule has 4 nitrogen and oxygen atoms in total. The Hall–Kier alpha value is -3.44. The Morgan fingerprint density at radius 2 is 1.51 bits per heavy atom. The number of rotatable bonds is 2. The van der Waals surface area contributed by atoms with Crippen LogP contribution in [0.4, 0.5) is 0 Å². The quantitative estimate of drug-likeness (QED) is 0.271. The van der Waals surface area contributed by atoms with Crippen molar-refractivity contribution in [3.63, 3.8) is 0 Å². The van der Waals surface area contributed by atoms with Crippen molar-refractivity contribution in [3.8, 4) is 17.3 Å². The van der Waals surface area contributed by atoms with Crippen LogP contribution in [0.3, 0.4) is 0 Å². The first kappa shape index (κ1) is 20.9. The van der Waals surface area contributed by atoms with Crippen molar-refractivity contribution in [2.75, 3.05) is 5.75 Å². The van der Waals surface area contributed by atoms with Gasteiger partial charge in [-0.05, 0) is 51.1 Å². The van der Waals surface area contributed by atoms with Crippen molar-refractivity contribution in [3.05, 3.63) is 102 Å². The second-order valence-corrected chi connectivity index (χ2v) is 11.1. The Balaban J connectivity index is 1.54. The summed E-state index contributed by atoms with van der Waals surface area (Å²) < 4.78 is 11.4. The maximum absolute atomic E-state index is 6.93. The van der Waals surface area contributed by atoms with E-state index in [1.165, 1.54) is 27.1 Å². The molecule has 0 bridgehead atoms. The first-order valence-electron chi connectivity index (χ1n) is 12.2. The van der Waals surface area contributed by atoms with Crippen molar-refractivity contribution in [1.29, 1.82) is 0 Å². The molecule has 3 aromatic carbocycles. The van der Waals surface area contributed by atoms with E-state index in [2.05, 4.69) is 115 Å². The number of aromatic nitrogens is 3. The number of hydrogen-bond acceptors (Lipinski definition) is 3. The van der Waals surface area contributed by atoms with E-state index in [4.69, 9.17) is 9.84 Å². The summed E-state index contributed by atoms with van der Waals surface area (Å²) in [6.45, 7) is 6.67. The first-order valence-corrected chi connectivity index (χ1v) is 13.2. The molecule has 5 aromatic rings. The second kappa shape index (κ2) is 7.53. The summed E-state index contributed by atoms with van der Waals surface area (Å²) >= 11 is 1.92. The third kappa shape index (κ3) is 2.97. The number of thioether (sulfide) groups is 1. The number of fused-ring (bicyclic) bond motifs is 7. The molecule has 2 unspecified atom stereocenters. The molecule has 0 radical (unpaired) electrons. The lowest BCUT2D eigenvalue weighted by atomic mass is 9.72. The van der Waals surface area contributed by atoms with Gasteiger partial charge < -0.3 is 4.74 Å². The van der Waals surface area contributed by atoms with Gasteiger partial charge >= 0.3 is 0 Å². The van der Waals surface area contributed by atoms with E-state index in [0.29, 0.717) is 5.92 Å². The normalized spacial score (nSPS) is 20.1. The summed E-state index contributed by atoms with van der Waals surface area (Å²) in [4.78, 5) is 0. The summed E-state index contributed by atoms with van der Waals surface area (Å²) in [6, 6.07) is 29.8. The van der Waals surface area contributed by atoms with Crippen molar-refractivity contribution >= 4 is 22.7 Å². The van der Waals surface area contributed by atoms with Crippen LogP contribution in [0.5, 0.6) is 5.88 Å². The van der Waals surface area contributed by atoms with Crippen LogP contribution in [-0.4, -0.2) is 25.7 Å². The molecule has 0 amide bonds. The summed E-state index contributed by atoms with van der Waals surface area (Å²) in [5.41, 5.74) is 6.86. The van der Waals surface area contributed by atoms with E-state index in [0.717, 1.165) is 28.7 Å². The van der Waals surface area contributed by atoms with Crippen LogP contribution in [0.2, 0.25) is 0 Å². The molecule has 4 heterocycles. The fraction of sp³-hybridized carbons (Fsp3) is 0.233. The summed E-state index contributed by atoms with van der Waals surface area (Å²) in [5, 5.41) is 7.59. The lowest BCUT2D eigenvalue weighted by Gasteiger charge is -2.46. The topological polar surface area (TPSA) is 32.0 Å². The van der Waals surface area contributed by atoms with Gasteiger partial charge in [-0.25, -0.2) is 4.68 Å². The number of para-hydroxylation sites is 3. The standard InChI is InChI=1S/C30H27N3OS/c1-19-25-27-23(18-35-29(25)33(31-19)21-14-8-5-9-15-21)30(2,3)34-28-26(27)22-16-10-11-17-24(22)32(28)20-12-6-4-7-13-20/h4-17,23,27H,18H2,1-3H3. The molecule has 0 N–H and O–H groups in total. The van der Waals surface area contributed by atoms with Gasteiger partial charge in [-0.2, -0.15) is 5.10 Å². The maximum Gasteiger partial charge on any atom is 0.203 e. The highest BCUT2D eigenvalue weighted by Crippen LogP contribution is 2.58. The van der Waals surface area contributed by atoms with E-state index < -0.39 is 0 Å². The van der Waals surface area contributed by atoms with Crippen molar-refractivity contribution in [2.24, 2.45) is 5.92 Å². The molecule has 5 heteroatoms. The molecule has 2 aliphatic rings. The highest BCUT2D eigenvalue weighted by atomic mass is 32.2. The Labute approximate surface area is 209 Å². The minimum Gasteiger partial charge on any atom is -0.472 e. The highest BCUT2D eigenvalue weighted by Gasteiger charge is 2.51. The zero-order valence-corrected chi connectivity index (χ0v) is 20.9. The van der Waals surface area contributed by atoms with Gasteiger partial charge in [0, 0.05) is 39.8 Å². The average Bonchev–Trinajstić information content (AvgIpc) is 3.39. The third-order valence-corrected chi connectivity index (χ3v) is 8.82. The molecular formula is C30H27N3OS. The van der Waals surface area contributed by atoms with E-state index in [1.807, 2.05) is 11.8 Å². The summed E-state index contributed by atoms with van der Waals surface area (Å²) in [5.74, 6) is 2.52. The summed E-state index contributed by atoms with van der Waals surface area (Å²) in [7, 11) is 0. The van der Waals surface area contributed by atoms with Crippen molar-refractivity contribution in [1.82, 2.24) is 14.3 Å². The Morgan fingerprint density at radius 1 is 0.857 bits per heavy atom. The molecule has 0 saturated carbocycles. The van der Waals surface area contributed by atoms with Gasteiger partial charge in [0.25, 0.3) is 0 Å². The molecular weight excluding hydrogens is 450 g/mol. The molecule has 0 aliphatic carbocycles. The first-order chi connectivity index (χ1) is 17.0. The van der Waals surface area contributed by atoms with Crippen molar-refractivity contribution in [2.45, 2.75) is 37.3 Å². The molecule has 2 aromatic heterocycles. The molecule has 0 spiro atoms. The van der Waals surface area contributed by atoms with Crippen LogP contribution >= 0.6 is 11.8 Å². The van der Waals surface area contributed by atoms with Crippen LogP contribution in [0.1, 0.15) is 36.6 Å². The number of benzene rings is 3. The van der Waals surface area contributed by atoms with Gasteiger partial charge in [0.05, 0.1) is 16.9 Å². The van der Waals surface area contributed by atoms with Crippen LogP contribution in [0.25, 0.3) is 22.3 Å². The van der Waals surface area contributed by atoms with Gasteiger partial charge in [0.1, 0.15) is 10.6 Å². The minimum absolute atomic E-state index is 0.220. The van der Waals surface area contributed by atoms with E-state index in [1.54, 1.807) is 0 Å². The SMILES string of the molecule is Cc1nn(-c2ccccc2)c2c1C1c3c(n(-c4ccccc4)c4ccccc34)OC(C)(C)C1CS2.